The first-order valence-corrected chi connectivity index (χ1v) is 0. The number of hydrogen-bond donors (Lipinski definition) is 0. The van der Waals surface area contributed by atoms with Gasteiger partial charge in [-0.15, -0.1) is 0 Å². The van der Waals surface area contributed by atoms with Crippen molar-refractivity contribution in [3.05, 3.63) is 0 Å². The van der Waals surface area contributed by atoms with E-state index in [1.54, 1.807) is 0 Å². The van der Waals surface area contributed by atoms with Crippen molar-refractivity contribution in [2.75, 3.05) is 0 Å². The zero-order valence-electron chi connectivity index (χ0n) is 2.69. The van der Waals surface area contributed by atoms with Crippen molar-refractivity contribution in [1.29, 1.82) is 0 Å². The Morgan fingerprint density at radius 1 is 1.25 bits per heavy atom. The Labute approximate surface area is 70.7 Å². The van der Waals surface area contributed by atoms with E-state index >= 15 is 0 Å². The van der Waals surface area contributed by atoms with Crippen molar-refractivity contribution in [1.82, 2.24) is 0 Å². The molecule has 0 amide bonds. The van der Waals surface area contributed by atoms with Gasteiger partial charge in [0, 0.05) is 33.6 Å². The van der Waals surface area contributed by atoms with Crippen LogP contribution in [0.2, 0.25) is 0 Å². The molecule has 0 heterocycles. The summed E-state index contributed by atoms with van der Waals surface area (Å²) in [5, 5.41) is 0. The Morgan fingerprint density at radius 3 is 1.25 bits per heavy atom. The van der Waals surface area contributed by atoms with Gasteiger partial charge in [-0.05, 0) is 0 Å². The first-order chi connectivity index (χ1) is 0. The third-order valence-electron chi connectivity index (χ3n) is 0. The zero-order valence-corrected chi connectivity index (χ0v) is 3.86. The molecule has 25 valence electrons. The summed E-state index contributed by atoms with van der Waals surface area (Å²) >= 11 is 0. The third-order valence-corrected chi connectivity index (χ3v) is 0. The van der Waals surface area contributed by atoms with Crippen molar-refractivity contribution in [3.8, 4) is 0 Å². The Morgan fingerprint density at radius 2 is 1.25 bits per heavy atom. The molecule has 0 aliphatic rings. The molecule has 0 saturated heterocycles. The van der Waals surface area contributed by atoms with Crippen molar-refractivity contribution in [2.45, 2.75) is 0 Å². The largest absolute Gasteiger partial charge is 1.00 e. The molecule has 0 N–H and O–H groups in total. The van der Waals surface area contributed by atoms with E-state index in [1.807, 2.05) is 0 Å². The molecule has 0 atom stereocenters. The topological polar surface area (TPSA) is 0 Å². The molecule has 4 heavy (non-hydrogen) atoms. The van der Waals surface area contributed by atoms with Gasteiger partial charge < -0.3 is 1.43 Å². The summed E-state index contributed by atoms with van der Waals surface area (Å²) in [4.78, 5) is 0. The van der Waals surface area contributed by atoms with E-state index < -0.39 is 0 Å². The molecule has 0 unspecified atom stereocenters. The van der Waals surface area contributed by atoms with E-state index in [0.717, 1.165) is 0 Å². The maximum Gasteiger partial charge on any atom is 1.00 e. The fourth-order valence-electron chi connectivity index (χ4n) is 0. The molecule has 0 aromatic carbocycles. The Balaban J connectivity index is 0. The smallest absolute Gasteiger partial charge is 1.00 e. The van der Waals surface area contributed by atoms with Gasteiger partial charge in [0.15, 0.2) is 17.4 Å². The van der Waals surface area contributed by atoms with Crippen LogP contribution in [0.4, 0.5) is 0 Å². The first-order valence-electron chi connectivity index (χ1n) is 0. The van der Waals surface area contributed by atoms with E-state index in [0.29, 0.717) is 0 Å². The van der Waals surface area contributed by atoms with Gasteiger partial charge in [-0.25, -0.2) is 0 Å². The molecule has 0 aromatic rings. The van der Waals surface area contributed by atoms with Crippen LogP contribution in [0.1, 0.15) is 1.43 Å². The molecule has 0 fully saturated rings. The zero-order chi connectivity index (χ0) is 0. The van der Waals surface area contributed by atoms with Crippen molar-refractivity contribution >= 4 is 17.4 Å². The van der Waals surface area contributed by atoms with Gasteiger partial charge in [-0.3, -0.25) is 0 Å². The minimum absolute atomic E-state index is 0. The summed E-state index contributed by atoms with van der Waals surface area (Å²) < 4.78 is 0. The maximum atomic E-state index is 0. The number of hydrogen-bond acceptors (Lipinski definition) is 0. The van der Waals surface area contributed by atoms with Crippen molar-refractivity contribution < 1.29 is 53.8 Å². The van der Waals surface area contributed by atoms with Crippen LogP contribution in [-0.4, -0.2) is 17.4 Å². The minimum Gasteiger partial charge on any atom is -1.00 e. The van der Waals surface area contributed by atoms with Gasteiger partial charge in [0.1, 0.15) is 0 Å². The molecule has 0 aromatic heterocycles. The Kier molecular flexibility index (Phi) is 170. The summed E-state index contributed by atoms with van der Waals surface area (Å²) in [5.74, 6) is 0. The Hall–Kier alpha value is 2.14. The van der Waals surface area contributed by atoms with Gasteiger partial charge in [-0.1, -0.05) is 0 Å². The fraction of sp³-hybridized carbons (Fsp3) is 0. The molecule has 0 spiro atoms. The molecule has 0 bridgehead atoms. The average molecular weight is 152 g/mol. The van der Waals surface area contributed by atoms with Crippen LogP contribution < -0.4 is 18.9 Å². The third kappa shape index (κ3) is 8.91. The summed E-state index contributed by atoms with van der Waals surface area (Å²) in [6.45, 7) is 0. The predicted octanol–water partition coefficient (Wildman–Crippen LogP) is -4.07. The van der Waals surface area contributed by atoms with E-state index in [9.17, 15) is 0 Å². The van der Waals surface area contributed by atoms with E-state index in [4.69, 9.17) is 0 Å². The Bertz CT molecular complexity index is 11.6. The van der Waals surface area contributed by atoms with Gasteiger partial charge in [0.2, 0.25) is 0 Å². The number of rotatable bonds is 0. The molecular weight excluding hydrogens is 148 g/mol. The van der Waals surface area contributed by atoms with Gasteiger partial charge in [0.05, 0.1) is 0 Å². The van der Waals surface area contributed by atoms with Gasteiger partial charge >= 0.3 is 18.9 Å². The SMILES string of the molecule is [AlH3].[H-].[Li+].[Mn].[Ni]. The van der Waals surface area contributed by atoms with Gasteiger partial charge in [-0.2, -0.15) is 0 Å². The van der Waals surface area contributed by atoms with Crippen LogP contribution in [0, 0.1) is 0 Å². The van der Waals surface area contributed by atoms with Gasteiger partial charge in [0.25, 0.3) is 0 Å². The van der Waals surface area contributed by atoms with E-state index in [2.05, 4.69) is 0 Å². The summed E-state index contributed by atoms with van der Waals surface area (Å²) in [7, 11) is 0. The van der Waals surface area contributed by atoms with Crippen LogP contribution in [0.15, 0.2) is 0 Å². The summed E-state index contributed by atoms with van der Waals surface area (Å²) in [5.41, 5.74) is 0. The van der Waals surface area contributed by atoms with Crippen molar-refractivity contribution in [2.24, 2.45) is 0 Å². The van der Waals surface area contributed by atoms with Crippen LogP contribution in [0.3, 0.4) is 0 Å². The minimum atomic E-state index is 0. The van der Waals surface area contributed by atoms with E-state index in [-0.39, 0.29) is 71.2 Å². The molecule has 1 radical (unpaired) electrons. The monoisotopic (exact) mass is 151 g/mol. The summed E-state index contributed by atoms with van der Waals surface area (Å²) in [6, 6.07) is 0. The van der Waals surface area contributed by atoms with Crippen LogP contribution in [0.5, 0.6) is 0 Å². The quantitative estimate of drug-likeness (QED) is 0.309. The average Bonchev–Trinajstić information content (AvgIpc) is 0. The van der Waals surface area contributed by atoms with Crippen LogP contribution in [0.25, 0.3) is 0 Å². The van der Waals surface area contributed by atoms with E-state index in [1.165, 1.54) is 0 Å². The van der Waals surface area contributed by atoms with Crippen molar-refractivity contribution in [3.63, 3.8) is 0 Å². The maximum absolute atomic E-state index is 0. The second kappa shape index (κ2) is 19.2. The summed E-state index contributed by atoms with van der Waals surface area (Å²) in [6.07, 6.45) is 0. The molecular formula is H4AlLiMnNi. The van der Waals surface area contributed by atoms with Crippen LogP contribution in [-0.2, 0) is 33.6 Å². The predicted molar refractivity (Wildman–Crippen MR) is 11.1 cm³/mol. The molecule has 4 heteroatoms. The molecule has 0 nitrogen and oxygen atoms in total. The second-order valence-corrected chi connectivity index (χ2v) is 0. The van der Waals surface area contributed by atoms with Crippen LogP contribution >= 0.6 is 0 Å². The standard InChI is InChI=1S/Al.Li.Mn.Ni.4H/q;+1;;;;;;-1. The molecule has 0 aliphatic carbocycles. The fourth-order valence-corrected chi connectivity index (χ4v) is 0. The first kappa shape index (κ1) is 35.4. The molecule has 0 rings (SSSR count). The molecule has 0 aliphatic heterocycles. The second-order valence-electron chi connectivity index (χ2n) is 0. The molecule has 0 saturated carbocycles. The normalized spacial score (nSPS) is 0.